The first-order chi connectivity index (χ1) is 13.1. The monoisotopic (exact) mass is 370 g/mol. The largest absolute Gasteiger partial charge is 0.485 e. The van der Waals surface area contributed by atoms with E-state index in [0.29, 0.717) is 13.1 Å². The molecule has 4 heterocycles. The topological polar surface area (TPSA) is 102 Å². The van der Waals surface area contributed by atoms with Crippen molar-refractivity contribution in [3.8, 4) is 5.75 Å². The van der Waals surface area contributed by atoms with E-state index in [2.05, 4.69) is 9.88 Å². The Kier molecular flexibility index (Phi) is 4.70. The number of carbonyl (C=O) groups is 2. The number of carbonyl (C=O) groups excluding carboxylic acids is 2. The first kappa shape index (κ1) is 17.4. The molecular weight excluding hydrogens is 348 g/mol. The van der Waals surface area contributed by atoms with Crippen LogP contribution in [0.25, 0.3) is 0 Å². The quantitative estimate of drug-likeness (QED) is 0.859. The number of hydrogen-bond acceptors (Lipinski definition) is 6. The van der Waals surface area contributed by atoms with Gasteiger partial charge in [0.15, 0.2) is 23.1 Å². The van der Waals surface area contributed by atoms with E-state index in [1.807, 2.05) is 12.1 Å². The fourth-order valence-corrected chi connectivity index (χ4v) is 3.57. The Morgan fingerprint density at radius 2 is 1.93 bits per heavy atom. The SMILES string of the molecule is NC(=O)c1ccc(C(=O)N2CCC(Oc3cccnc3N3CCCC3)C2)o1. The van der Waals surface area contributed by atoms with Gasteiger partial charge in [-0.1, -0.05) is 0 Å². The molecule has 2 aromatic rings. The number of primary amides is 1. The highest BCUT2D eigenvalue weighted by Gasteiger charge is 2.31. The minimum absolute atomic E-state index is 0.0176. The fraction of sp³-hybridized carbons (Fsp3) is 0.421. The molecule has 2 aromatic heterocycles. The molecule has 142 valence electrons. The number of aromatic nitrogens is 1. The van der Waals surface area contributed by atoms with Crippen LogP contribution in [0.4, 0.5) is 5.82 Å². The lowest BCUT2D eigenvalue weighted by Crippen LogP contribution is -2.31. The molecular formula is C19H22N4O4. The van der Waals surface area contributed by atoms with E-state index in [1.54, 1.807) is 11.1 Å². The number of pyridine rings is 1. The lowest BCUT2D eigenvalue weighted by molar-refractivity contribution is 0.0738. The lowest BCUT2D eigenvalue weighted by atomic mass is 10.3. The molecule has 0 bridgehead atoms. The third-order valence-corrected chi connectivity index (χ3v) is 4.94. The highest BCUT2D eigenvalue weighted by Crippen LogP contribution is 2.30. The Morgan fingerprint density at radius 1 is 1.15 bits per heavy atom. The van der Waals surface area contributed by atoms with Crippen LogP contribution in [0.1, 0.15) is 40.4 Å². The predicted octanol–water partition coefficient (Wildman–Crippen LogP) is 1.67. The molecule has 2 amide bonds. The predicted molar refractivity (Wildman–Crippen MR) is 97.8 cm³/mol. The second-order valence-corrected chi connectivity index (χ2v) is 6.83. The van der Waals surface area contributed by atoms with Gasteiger partial charge in [-0.25, -0.2) is 4.98 Å². The van der Waals surface area contributed by atoms with E-state index in [4.69, 9.17) is 14.9 Å². The summed E-state index contributed by atoms with van der Waals surface area (Å²) in [6.07, 6.45) is 4.72. The standard InChI is InChI=1S/C19H22N4O4/c20-17(24)14-5-6-16(27-14)19(25)23-11-7-13(12-23)26-15-4-3-8-21-18(15)22-9-1-2-10-22/h3-6,8,13H,1-2,7,9-12H2,(H2,20,24). The number of rotatable bonds is 5. The third-order valence-electron chi connectivity index (χ3n) is 4.94. The highest BCUT2D eigenvalue weighted by atomic mass is 16.5. The molecule has 2 aliphatic rings. The van der Waals surface area contributed by atoms with Gasteiger partial charge in [0.2, 0.25) is 0 Å². The van der Waals surface area contributed by atoms with Crippen molar-refractivity contribution >= 4 is 17.6 Å². The van der Waals surface area contributed by atoms with Crippen LogP contribution in [0.2, 0.25) is 0 Å². The number of amides is 2. The van der Waals surface area contributed by atoms with Crippen molar-refractivity contribution < 1.29 is 18.7 Å². The molecule has 0 spiro atoms. The second-order valence-electron chi connectivity index (χ2n) is 6.83. The van der Waals surface area contributed by atoms with Gasteiger partial charge in [-0.3, -0.25) is 9.59 Å². The number of ether oxygens (including phenoxy) is 1. The number of anilines is 1. The van der Waals surface area contributed by atoms with Crippen molar-refractivity contribution in [1.82, 2.24) is 9.88 Å². The Bertz CT molecular complexity index is 844. The first-order valence-electron chi connectivity index (χ1n) is 9.17. The van der Waals surface area contributed by atoms with Crippen LogP contribution >= 0.6 is 0 Å². The number of likely N-dealkylation sites (tertiary alicyclic amines) is 1. The zero-order valence-electron chi connectivity index (χ0n) is 15.0. The summed E-state index contributed by atoms with van der Waals surface area (Å²) in [6.45, 7) is 3.00. The van der Waals surface area contributed by atoms with E-state index in [1.165, 1.54) is 12.1 Å². The van der Waals surface area contributed by atoms with E-state index in [9.17, 15) is 9.59 Å². The van der Waals surface area contributed by atoms with Crippen LogP contribution in [0.3, 0.4) is 0 Å². The van der Waals surface area contributed by atoms with Gasteiger partial charge < -0.3 is 24.7 Å². The molecule has 2 aliphatic heterocycles. The van der Waals surface area contributed by atoms with Gasteiger partial charge in [-0.05, 0) is 37.1 Å². The first-order valence-corrected chi connectivity index (χ1v) is 9.17. The van der Waals surface area contributed by atoms with Gasteiger partial charge in [0, 0.05) is 32.3 Å². The fourth-order valence-electron chi connectivity index (χ4n) is 3.57. The minimum atomic E-state index is -0.692. The zero-order chi connectivity index (χ0) is 18.8. The summed E-state index contributed by atoms with van der Waals surface area (Å²) in [5, 5.41) is 0. The Hall–Kier alpha value is -3.03. The molecule has 0 radical (unpaired) electrons. The summed E-state index contributed by atoms with van der Waals surface area (Å²) in [7, 11) is 0. The molecule has 8 nitrogen and oxygen atoms in total. The summed E-state index contributed by atoms with van der Waals surface area (Å²) < 4.78 is 11.4. The Balaban J connectivity index is 1.41. The van der Waals surface area contributed by atoms with Crippen molar-refractivity contribution in [3.63, 3.8) is 0 Å². The summed E-state index contributed by atoms with van der Waals surface area (Å²) in [5.41, 5.74) is 5.17. The summed E-state index contributed by atoms with van der Waals surface area (Å²) in [4.78, 5) is 32.1. The van der Waals surface area contributed by atoms with Crippen molar-refractivity contribution in [2.45, 2.75) is 25.4 Å². The lowest BCUT2D eigenvalue weighted by Gasteiger charge is -2.22. The average Bonchev–Trinajstić information content (AvgIpc) is 3.42. The third kappa shape index (κ3) is 3.60. The number of nitrogens with two attached hydrogens (primary N) is 1. The number of nitrogens with zero attached hydrogens (tertiary/aromatic N) is 3. The van der Waals surface area contributed by atoms with Gasteiger partial charge in [0.25, 0.3) is 11.8 Å². The highest BCUT2D eigenvalue weighted by molar-refractivity contribution is 5.95. The normalized spacial score (nSPS) is 19.5. The van der Waals surface area contributed by atoms with Crippen molar-refractivity contribution in [1.29, 1.82) is 0 Å². The van der Waals surface area contributed by atoms with Crippen LogP contribution in [-0.4, -0.2) is 54.0 Å². The van der Waals surface area contributed by atoms with Crippen molar-refractivity contribution in [2.24, 2.45) is 5.73 Å². The molecule has 0 saturated carbocycles. The van der Waals surface area contributed by atoms with Gasteiger partial charge >= 0.3 is 0 Å². The van der Waals surface area contributed by atoms with Gasteiger partial charge in [0.05, 0.1) is 6.54 Å². The molecule has 2 fully saturated rings. The molecule has 2 N–H and O–H groups in total. The molecule has 8 heteroatoms. The van der Waals surface area contributed by atoms with Crippen molar-refractivity contribution in [2.75, 3.05) is 31.1 Å². The van der Waals surface area contributed by atoms with Crippen LogP contribution < -0.4 is 15.4 Å². The van der Waals surface area contributed by atoms with Crippen LogP contribution in [0.5, 0.6) is 5.75 Å². The molecule has 1 unspecified atom stereocenters. The maximum Gasteiger partial charge on any atom is 0.289 e. The number of hydrogen-bond donors (Lipinski definition) is 1. The second kappa shape index (κ2) is 7.30. The van der Waals surface area contributed by atoms with Crippen molar-refractivity contribution in [3.05, 3.63) is 42.0 Å². The summed E-state index contributed by atoms with van der Waals surface area (Å²) in [6, 6.07) is 6.68. The van der Waals surface area contributed by atoms with E-state index in [0.717, 1.165) is 43.9 Å². The summed E-state index contributed by atoms with van der Waals surface area (Å²) >= 11 is 0. The molecule has 0 aliphatic carbocycles. The smallest absolute Gasteiger partial charge is 0.289 e. The molecule has 1 atom stereocenters. The van der Waals surface area contributed by atoms with E-state index >= 15 is 0 Å². The molecule has 0 aromatic carbocycles. The maximum atomic E-state index is 12.6. The molecule has 2 saturated heterocycles. The Labute approximate surface area is 156 Å². The maximum absolute atomic E-state index is 12.6. The van der Waals surface area contributed by atoms with Gasteiger partial charge in [-0.2, -0.15) is 0 Å². The molecule has 4 rings (SSSR count). The number of furan rings is 1. The van der Waals surface area contributed by atoms with Gasteiger partial charge in [-0.15, -0.1) is 0 Å². The van der Waals surface area contributed by atoms with Gasteiger partial charge in [0.1, 0.15) is 6.10 Å². The Morgan fingerprint density at radius 3 is 2.67 bits per heavy atom. The van der Waals surface area contributed by atoms with Crippen LogP contribution in [0, 0.1) is 0 Å². The summed E-state index contributed by atoms with van der Waals surface area (Å²) in [5.74, 6) is 0.770. The van der Waals surface area contributed by atoms with Crippen LogP contribution in [-0.2, 0) is 0 Å². The van der Waals surface area contributed by atoms with E-state index in [-0.39, 0.29) is 23.5 Å². The zero-order valence-corrected chi connectivity index (χ0v) is 15.0. The average molecular weight is 370 g/mol. The minimum Gasteiger partial charge on any atom is -0.485 e. The van der Waals surface area contributed by atoms with Crippen LogP contribution in [0.15, 0.2) is 34.9 Å². The molecule has 27 heavy (non-hydrogen) atoms. The van der Waals surface area contributed by atoms with E-state index < -0.39 is 5.91 Å².